The molecule has 0 aromatic heterocycles. The smallest absolute Gasteiger partial charge is 0.226 e. The van der Waals surface area contributed by atoms with Gasteiger partial charge < -0.3 is 16.0 Å². The molecule has 2 aliphatic heterocycles. The number of nitrogens with one attached hydrogen (secondary N) is 1. The van der Waals surface area contributed by atoms with Crippen LogP contribution in [0.1, 0.15) is 44.9 Å². The zero-order valence-electron chi connectivity index (χ0n) is 12.7. The monoisotopic (exact) mass is 293 g/mol. The third-order valence-corrected chi connectivity index (χ3v) is 5.59. The second-order valence-corrected chi connectivity index (χ2v) is 6.90. The maximum atomic E-state index is 12.9. The van der Waals surface area contributed by atoms with E-state index in [1.165, 1.54) is 6.42 Å². The Morgan fingerprint density at radius 3 is 2.95 bits per heavy atom. The number of nitrogens with two attached hydrogens (primary N) is 1. The number of carbonyl (C=O) groups is 2. The normalized spacial score (nSPS) is 36.2. The minimum atomic E-state index is 0.0335. The number of hydrogen-bond donors (Lipinski definition) is 2. The van der Waals surface area contributed by atoms with Crippen molar-refractivity contribution in [1.29, 1.82) is 0 Å². The molecule has 0 radical (unpaired) electrons. The van der Waals surface area contributed by atoms with Crippen molar-refractivity contribution < 1.29 is 9.59 Å². The topological polar surface area (TPSA) is 75.4 Å². The van der Waals surface area contributed by atoms with Gasteiger partial charge in [0, 0.05) is 19.0 Å². The van der Waals surface area contributed by atoms with Crippen LogP contribution in [0.4, 0.5) is 0 Å². The number of piperidine rings is 1. The molecule has 0 aromatic carbocycles. The predicted octanol–water partition coefficient (Wildman–Crippen LogP) is 0.879. The van der Waals surface area contributed by atoms with Gasteiger partial charge in [-0.3, -0.25) is 9.59 Å². The highest BCUT2D eigenvalue weighted by molar-refractivity contribution is 5.85. The summed E-state index contributed by atoms with van der Waals surface area (Å²) in [5.41, 5.74) is 5.67. The first-order valence-electron chi connectivity index (χ1n) is 8.49. The Morgan fingerprint density at radius 1 is 1.29 bits per heavy atom. The van der Waals surface area contributed by atoms with E-state index < -0.39 is 0 Å². The maximum absolute atomic E-state index is 12.9. The van der Waals surface area contributed by atoms with Crippen LogP contribution in [0.25, 0.3) is 0 Å². The molecule has 5 nitrogen and oxygen atoms in total. The minimum absolute atomic E-state index is 0.0335. The molecule has 1 saturated carbocycles. The summed E-state index contributed by atoms with van der Waals surface area (Å²) in [6.45, 7) is 2.19. The number of nitrogens with zero attached hydrogens (tertiary/aromatic N) is 1. The van der Waals surface area contributed by atoms with Crippen molar-refractivity contribution in [3.05, 3.63) is 0 Å². The second-order valence-electron chi connectivity index (χ2n) is 6.90. The van der Waals surface area contributed by atoms with Gasteiger partial charge in [-0.25, -0.2) is 0 Å². The number of likely N-dealkylation sites (tertiary alicyclic amines) is 1. The highest BCUT2D eigenvalue weighted by Crippen LogP contribution is 2.35. The summed E-state index contributed by atoms with van der Waals surface area (Å²) in [6.07, 6.45) is 7.28. The number of hydrogen-bond acceptors (Lipinski definition) is 3. The Labute approximate surface area is 126 Å². The predicted molar refractivity (Wildman–Crippen MR) is 80.4 cm³/mol. The van der Waals surface area contributed by atoms with Gasteiger partial charge in [0.15, 0.2) is 0 Å². The van der Waals surface area contributed by atoms with Gasteiger partial charge >= 0.3 is 0 Å². The van der Waals surface area contributed by atoms with Crippen LogP contribution in [0.15, 0.2) is 0 Å². The molecule has 118 valence electrons. The summed E-state index contributed by atoms with van der Waals surface area (Å²) >= 11 is 0. The fraction of sp³-hybridized carbons (Fsp3) is 0.875. The van der Waals surface area contributed by atoms with Gasteiger partial charge in [0.1, 0.15) is 0 Å². The second kappa shape index (κ2) is 6.34. The molecule has 1 aliphatic carbocycles. The van der Waals surface area contributed by atoms with Crippen molar-refractivity contribution in [3.8, 4) is 0 Å². The molecule has 5 heteroatoms. The molecule has 0 bridgehead atoms. The zero-order valence-corrected chi connectivity index (χ0v) is 12.7. The van der Waals surface area contributed by atoms with Crippen molar-refractivity contribution in [2.45, 2.75) is 51.0 Å². The first-order valence-corrected chi connectivity index (χ1v) is 8.49. The Balaban J connectivity index is 1.65. The van der Waals surface area contributed by atoms with E-state index in [9.17, 15) is 9.59 Å². The molecule has 2 amide bonds. The van der Waals surface area contributed by atoms with E-state index in [0.717, 1.165) is 51.6 Å². The van der Waals surface area contributed by atoms with Gasteiger partial charge in [0.25, 0.3) is 0 Å². The molecule has 2 heterocycles. The van der Waals surface area contributed by atoms with E-state index >= 15 is 0 Å². The SMILES string of the molecule is NCCC1CCCC(C(=O)N2CCCC3C(=O)NCC32)C1. The Bertz CT molecular complexity index is 410. The van der Waals surface area contributed by atoms with Crippen LogP contribution in [0.2, 0.25) is 0 Å². The van der Waals surface area contributed by atoms with Crippen LogP contribution < -0.4 is 11.1 Å². The minimum Gasteiger partial charge on any atom is -0.354 e. The molecule has 0 spiro atoms. The van der Waals surface area contributed by atoms with E-state index in [1.54, 1.807) is 0 Å². The van der Waals surface area contributed by atoms with E-state index in [0.29, 0.717) is 18.4 Å². The molecule has 3 aliphatic rings. The Morgan fingerprint density at radius 2 is 2.14 bits per heavy atom. The van der Waals surface area contributed by atoms with Crippen molar-refractivity contribution in [2.24, 2.45) is 23.5 Å². The fourth-order valence-electron chi connectivity index (χ4n) is 4.47. The van der Waals surface area contributed by atoms with Gasteiger partial charge in [-0.05, 0) is 44.6 Å². The van der Waals surface area contributed by atoms with Crippen molar-refractivity contribution >= 4 is 11.8 Å². The number of carbonyl (C=O) groups excluding carboxylic acids is 2. The first-order chi connectivity index (χ1) is 10.2. The lowest BCUT2D eigenvalue weighted by Gasteiger charge is -2.39. The van der Waals surface area contributed by atoms with E-state index in [1.807, 2.05) is 4.90 Å². The van der Waals surface area contributed by atoms with Crippen LogP contribution in [-0.2, 0) is 9.59 Å². The quantitative estimate of drug-likeness (QED) is 0.811. The van der Waals surface area contributed by atoms with Crippen molar-refractivity contribution in [3.63, 3.8) is 0 Å². The van der Waals surface area contributed by atoms with E-state index in [2.05, 4.69) is 5.32 Å². The first kappa shape index (κ1) is 14.8. The highest BCUT2D eigenvalue weighted by atomic mass is 16.2. The van der Waals surface area contributed by atoms with Gasteiger partial charge in [-0.2, -0.15) is 0 Å². The molecule has 3 N–H and O–H groups in total. The van der Waals surface area contributed by atoms with Gasteiger partial charge in [-0.1, -0.05) is 12.8 Å². The van der Waals surface area contributed by atoms with Crippen LogP contribution in [-0.4, -0.2) is 42.4 Å². The third kappa shape index (κ3) is 2.93. The lowest BCUT2D eigenvalue weighted by atomic mass is 9.78. The highest BCUT2D eigenvalue weighted by Gasteiger charge is 2.44. The van der Waals surface area contributed by atoms with E-state index in [4.69, 9.17) is 5.73 Å². The fourth-order valence-corrected chi connectivity index (χ4v) is 4.47. The zero-order chi connectivity index (χ0) is 14.8. The summed E-state index contributed by atoms with van der Waals surface area (Å²) in [6, 6.07) is 0.105. The Kier molecular flexibility index (Phi) is 4.48. The molecule has 3 fully saturated rings. The Hall–Kier alpha value is -1.10. The van der Waals surface area contributed by atoms with Crippen LogP contribution >= 0.6 is 0 Å². The molecule has 4 atom stereocenters. The molecule has 3 rings (SSSR count). The summed E-state index contributed by atoms with van der Waals surface area (Å²) in [5, 5.41) is 2.93. The van der Waals surface area contributed by atoms with Crippen LogP contribution in [0.5, 0.6) is 0 Å². The molecule has 21 heavy (non-hydrogen) atoms. The molecule has 0 aromatic rings. The lowest BCUT2D eigenvalue weighted by molar-refractivity contribution is -0.142. The van der Waals surface area contributed by atoms with Crippen molar-refractivity contribution in [2.75, 3.05) is 19.6 Å². The molecule has 2 saturated heterocycles. The average Bonchev–Trinajstić information content (AvgIpc) is 2.89. The van der Waals surface area contributed by atoms with Crippen LogP contribution in [0.3, 0.4) is 0 Å². The third-order valence-electron chi connectivity index (χ3n) is 5.59. The average molecular weight is 293 g/mol. The number of fused-ring (bicyclic) bond motifs is 1. The molecular formula is C16H27N3O2. The van der Waals surface area contributed by atoms with Crippen LogP contribution in [0, 0.1) is 17.8 Å². The number of amides is 2. The summed E-state index contributed by atoms with van der Waals surface area (Å²) in [5.74, 6) is 1.24. The molecule has 4 unspecified atom stereocenters. The van der Waals surface area contributed by atoms with Gasteiger partial charge in [0.2, 0.25) is 11.8 Å². The standard InChI is InChI=1S/C16H27N3O2/c17-7-6-11-3-1-4-12(9-11)16(21)19-8-2-5-13-14(19)10-18-15(13)20/h11-14H,1-10,17H2,(H,18,20). The summed E-state index contributed by atoms with van der Waals surface area (Å²) in [4.78, 5) is 26.8. The van der Waals surface area contributed by atoms with Gasteiger partial charge in [-0.15, -0.1) is 0 Å². The largest absolute Gasteiger partial charge is 0.354 e. The lowest BCUT2D eigenvalue weighted by Crippen LogP contribution is -2.51. The van der Waals surface area contributed by atoms with Gasteiger partial charge in [0.05, 0.1) is 12.0 Å². The molecular weight excluding hydrogens is 266 g/mol. The maximum Gasteiger partial charge on any atom is 0.226 e. The summed E-state index contributed by atoms with van der Waals surface area (Å²) < 4.78 is 0. The van der Waals surface area contributed by atoms with Crippen molar-refractivity contribution in [1.82, 2.24) is 10.2 Å². The summed E-state index contributed by atoms with van der Waals surface area (Å²) in [7, 11) is 0. The number of rotatable bonds is 3. The van der Waals surface area contributed by atoms with E-state index in [-0.39, 0.29) is 23.8 Å².